The monoisotopic (exact) mass is 648 g/mol. The molecular weight excluding hydrogens is 615 g/mol. The summed E-state index contributed by atoms with van der Waals surface area (Å²) in [6.45, 7) is 3.28. The van der Waals surface area contributed by atoms with Gasteiger partial charge in [0.2, 0.25) is 0 Å². The van der Waals surface area contributed by atoms with E-state index in [1.807, 2.05) is 4.90 Å². The van der Waals surface area contributed by atoms with Gasteiger partial charge in [0.25, 0.3) is 5.95 Å². The largest absolute Gasteiger partial charge is 0.416 e. The lowest BCUT2D eigenvalue weighted by Crippen LogP contribution is -2.32. The summed E-state index contributed by atoms with van der Waals surface area (Å²) in [5.74, 6) is 0.229. The predicted octanol–water partition coefficient (Wildman–Crippen LogP) is 8.42. The van der Waals surface area contributed by atoms with Crippen LogP contribution in [0.4, 0.5) is 51.1 Å². The second-order valence-electron chi connectivity index (χ2n) is 12.0. The first-order chi connectivity index (χ1) is 20.9. The van der Waals surface area contributed by atoms with Crippen LogP contribution in [-0.4, -0.2) is 33.3 Å². The van der Waals surface area contributed by atoms with Gasteiger partial charge in [0.05, 0.1) is 29.8 Å². The van der Waals surface area contributed by atoms with Crippen molar-refractivity contribution in [1.29, 1.82) is 0 Å². The average Bonchev–Trinajstić information content (AvgIpc) is 3.55. The molecule has 2 aromatic carbocycles. The number of halogens is 9. The van der Waals surface area contributed by atoms with E-state index in [0.717, 1.165) is 30.5 Å². The van der Waals surface area contributed by atoms with E-state index >= 15 is 0 Å². The Morgan fingerprint density at radius 1 is 0.822 bits per heavy atom. The van der Waals surface area contributed by atoms with E-state index < -0.39 is 47.8 Å². The molecule has 0 radical (unpaired) electrons. The lowest BCUT2D eigenvalue weighted by atomic mass is 9.90. The first kappa shape index (κ1) is 32.9. The Hall–Kier alpha value is -3.52. The molecule has 1 fully saturated rings. The Morgan fingerprint density at radius 3 is 1.98 bits per heavy atom. The molecule has 0 bridgehead atoms. The summed E-state index contributed by atoms with van der Waals surface area (Å²) in [5.41, 5.74) is -3.12. The van der Waals surface area contributed by atoms with Crippen LogP contribution in [0.5, 0.6) is 0 Å². The quantitative estimate of drug-likeness (QED) is 0.251. The Kier molecular flexibility index (Phi) is 8.77. The zero-order chi connectivity index (χ0) is 32.9. The number of benzene rings is 2. The number of hydrogen-bond donors (Lipinski definition) is 0. The zero-order valence-corrected chi connectivity index (χ0v) is 24.9. The predicted molar refractivity (Wildman–Crippen MR) is 148 cm³/mol. The summed E-state index contributed by atoms with van der Waals surface area (Å²) < 4.78 is 125. The van der Waals surface area contributed by atoms with E-state index in [1.165, 1.54) is 31.9 Å². The molecule has 1 unspecified atom stereocenters. The lowest BCUT2D eigenvalue weighted by molar-refractivity contribution is -0.143. The van der Waals surface area contributed by atoms with Crippen LogP contribution in [0.2, 0.25) is 0 Å². The standard InChI is InChI=1S/C30H33F9N6/c1-17-11-23-24(9-6-10-44(15-19-7-4-5-8-19)26(23)18(2)25(17)30(37,38)39)45(27-40-42-43(3)41-27)16-20-12-21(28(31,32)33)14-22(13-20)29(34,35)36/h11-14,19,24H,4-10,15-16H2,1-3H3. The number of aromatic nitrogens is 4. The molecular formula is C30H33F9N6. The minimum atomic E-state index is -5.05. The molecule has 45 heavy (non-hydrogen) atoms. The molecule has 0 N–H and O–H groups in total. The van der Waals surface area contributed by atoms with Gasteiger partial charge in [0, 0.05) is 25.3 Å². The molecule has 1 aliphatic carbocycles. The molecule has 1 aliphatic heterocycles. The van der Waals surface area contributed by atoms with Crippen molar-refractivity contribution in [2.75, 3.05) is 22.9 Å². The minimum Gasteiger partial charge on any atom is -0.371 e. The Morgan fingerprint density at radius 2 is 1.44 bits per heavy atom. The topological polar surface area (TPSA) is 50.1 Å². The fourth-order valence-electron chi connectivity index (χ4n) is 6.88. The maximum Gasteiger partial charge on any atom is 0.416 e. The zero-order valence-electron chi connectivity index (χ0n) is 24.9. The SMILES string of the molecule is Cc1cc2c(c(C)c1C(F)(F)F)N(CC1CCCC1)CCCC2N(Cc1cc(C(F)(F)F)cc(C(F)(F)F)c1)c1nnn(C)n1. The lowest BCUT2D eigenvalue weighted by Gasteiger charge is -2.35. The van der Waals surface area contributed by atoms with Crippen molar-refractivity contribution in [2.45, 2.75) is 83.5 Å². The van der Waals surface area contributed by atoms with E-state index in [-0.39, 0.29) is 28.7 Å². The Bertz CT molecular complexity index is 1490. The van der Waals surface area contributed by atoms with Crippen molar-refractivity contribution in [2.24, 2.45) is 13.0 Å². The Labute approximate surface area is 254 Å². The maximum atomic E-state index is 14.3. The van der Waals surface area contributed by atoms with E-state index in [4.69, 9.17) is 0 Å². The smallest absolute Gasteiger partial charge is 0.371 e. The van der Waals surface area contributed by atoms with E-state index in [2.05, 4.69) is 15.4 Å². The van der Waals surface area contributed by atoms with Crippen LogP contribution in [0.1, 0.15) is 83.5 Å². The van der Waals surface area contributed by atoms with E-state index in [9.17, 15) is 39.5 Å². The van der Waals surface area contributed by atoms with Crippen molar-refractivity contribution in [1.82, 2.24) is 20.2 Å². The van der Waals surface area contributed by atoms with Gasteiger partial charge in [-0.25, -0.2) is 0 Å². The van der Waals surface area contributed by atoms with Crippen molar-refractivity contribution in [3.63, 3.8) is 0 Å². The highest BCUT2D eigenvalue weighted by atomic mass is 19.4. The highest BCUT2D eigenvalue weighted by molar-refractivity contribution is 5.67. The normalized spacial score (nSPS) is 18.3. The summed E-state index contributed by atoms with van der Waals surface area (Å²) in [4.78, 5) is 4.53. The third-order valence-electron chi connectivity index (χ3n) is 8.72. The molecule has 0 amide bonds. The first-order valence-corrected chi connectivity index (χ1v) is 14.7. The molecule has 1 aromatic heterocycles. The fourth-order valence-corrected chi connectivity index (χ4v) is 6.88. The van der Waals surface area contributed by atoms with Gasteiger partial charge in [-0.3, -0.25) is 0 Å². The molecule has 0 spiro atoms. The van der Waals surface area contributed by atoms with E-state index in [0.29, 0.717) is 55.2 Å². The summed E-state index contributed by atoms with van der Waals surface area (Å²) in [7, 11) is 1.45. The molecule has 5 rings (SSSR count). The minimum absolute atomic E-state index is 0.0306. The van der Waals surface area contributed by atoms with Crippen LogP contribution >= 0.6 is 0 Å². The average molecular weight is 649 g/mol. The van der Waals surface area contributed by atoms with Crippen molar-refractivity contribution < 1.29 is 39.5 Å². The number of aryl methyl sites for hydroxylation is 2. The van der Waals surface area contributed by atoms with Gasteiger partial charge >= 0.3 is 18.5 Å². The second kappa shape index (κ2) is 12.0. The van der Waals surface area contributed by atoms with Gasteiger partial charge in [-0.2, -0.15) is 44.3 Å². The van der Waals surface area contributed by atoms with E-state index in [1.54, 1.807) is 0 Å². The molecule has 6 nitrogen and oxygen atoms in total. The van der Waals surface area contributed by atoms with Gasteiger partial charge in [0.1, 0.15) is 0 Å². The molecule has 0 saturated heterocycles. The van der Waals surface area contributed by atoms with Crippen molar-refractivity contribution >= 4 is 11.6 Å². The van der Waals surface area contributed by atoms with Crippen LogP contribution < -0.4 is 9.80 Å². The molecule has 1 atom stereocenters. The summed E-state index contributed by atoms with van der Waals surface area (Å²) >= 11 is 0. The first-order valence-electron chi connectivity index (χ1n) is 14.7. The summed E-state index contributed by atoms with van der Waals surface area (Å²) in [6.07, 6.45) is -9.91. The molecule has 3 aromatic rings. The number of hydrogen-bond acceptors (Lipinski definition) is 5. The highest BCUT2D eigenvalue weighted by Gasteiger charge is 2.41. The van der Waals surface area contributed by atoms with Gasteiger partial charge in [-0.05, 0) is 91.1 Å². The van der Waals surface area contributed by atoms with Gasteiger partial charge in [-0.1, -0.05) is 24.0 Å². The third-order valence-corrected chi connectivity index (χ3v) is 8.72. The van der Waals surface area contributed by atoms with Crippen molar-refractivity contribution in [3.05, 3.63) is 63.2 Å². The molecule has 15 heteroatoms. The number of rotatable bonds is 6. The number of anilines is 2. The third kappa shape index (κ3) is 7.01. The number of tetrazole rings is 1. The van der Waals surface area contributed by atoms with Crippen molar-refractivity contribution in [3.8, 4) is 0 Å². The summed E-state index contributed by atoms with van der Waals surface area (Å²) in [5, 5.41) is 12.1. The fraction of sp³-hybridized carbons (Fsp3) is 0.567. The van der Waals surface area contributed by atoms with Crippen LogP contribution in [0.3, 0.4) is 0 Å². The van der Waals surface area contributed by atoms with Crippen LogP contribution in [0, 0.1) is 19.8 Å². The van der Waals surface area contributed by atoms with Crippen LogP contribution in [0.25, 0.3) is 0 Å². The Balaban J connectivity index is 1.68. The second-order valence-corrected chi connectivity index (χ2v) is 12.0. The molecule has 2 aliphatic rings. The number of fused-ring (bicyclic) bond motifs is 1. The number of nitrogens with zero attached hydrogens (tertiary/aromatic N) is 6. The van der Waals surface area contributed by atoms with Crippen LogP contribution in [-0.2, 0) is 32.1 Å². The molecule has 246 valence electrons. The van der Waals surface area contributed by atoms with Crippen LogP contribution in [0.15, 0.2) is 24.3 Å². The summed E-state index contributed by atoms with van der Waals surface area (Å²) in [6, 6.07) is 2.01. The number of alkyl halides is 9. The molecule has 2 heterocycles. The highest BCUT2D eigenvalue weighted by Crippen LogP contribution is 2.47. The van der Waals surface area contributed by atoms with Gasteiger partial charge < -0.3 is 9.80 Å². The van der Waals surface area contributed by atoms with Gasteiger partial charge in [0.15, 0.2) is 0 Å². The maximum absolute atomic E-state index is 14.3. The molecule has 1 saturated carbocycles. The van der Waals surface area contributed by atoms with Gasteiger partial charge in [-0.15, -0.1) is 5.10 Å².